The lowest BCUT2D eigenvalue weighted by Crippen LogP contribution is -2.35. The van der Waals surface area contributed by atoms with Crippen LogP contribution in [0.2, 0.25) is 0 Å². The molecule has 25 heavy (non-hydrogen) atoms. The van der Waals surface area contributed by atoms with E-state index in [0.29, 0.717) is 0 Å². The standard InChI is InChI=1S/C21H23N3O/c1-2-20(21(25)23-12-5-6-13-23)24-15-17(14-22-24)19-11-7-9-16-8-3-4-10-18(16)19/h3-4,7-11,14-15,20H,2,5-6,12-13H2,1H3. The Morgan fingerprint density at radius 3 is 2.68 bits per heavy atom. The van der Waals surface area contributed by atoms with Gasteiger partial charge in [-0.25, -0.2) is 0 Å². The van der Waals surface area contributed by atoms with E-state index >= 15 is 0 Å². The number of nitrogens with zero attached hydrogens (tertiary/aromatic N) is 3. The molecule has 4 nitrogen and oxygen atoms in total. The first-order valence-electron chi connectivity index (χ1n) is 9.09. The number of carbonyl (C=O) groups excluding carboxylic acids is 1. The highest BCUT2D eigenvalue weighted by Crippen LogP contribution is 2.29. The van der Waals surface area contributed by atoms with Crippen molar-refractivity contribution in [3.63, 3.8) is 0 Å². The molecule has 2 aromatic carbocycles. The lowest BCUT2D eigenvalue weighted by Gasteiger charge is -2.22. The first-order chi connectivity index (χ1) is 12.3. The number of benzene rings is 2. The van der Waals surface area contributed by atoms with Gasteiger partial charge < -0.3 is 4.90 Å². The Hall–Kier alpha value is -2.62. The maximum atomic E-state index is 12.8. The summed E-state index contributed by atoms with van der Waals surface area (Å²) in [5.74, 6) is 0.201. The van der Waals surface area contributed by atoms with E-state index in [0.717, 1.165) is 43.5 Å². The van der Waals surface area contributed by atoms with Gasteiger partial charge in [-0.1, -0.05) is 49.4 Å². The van der Waals surface area contributed by atoms with E-state index in [1.165, 1.54) is 10.8 Å². The van der Waals surface area contributed by atoms with Gasteiger partial charge in [0.25, 0.3) is 0 Å². The Morgan fingerprint density at radius 1 is 1.12 bits per heavy atom. The van der Waals surface area contributed by atoms with Gasteiger partial charge in [-0.15, -0.1) is 0 Å². The summed E-state index contributed by atoms with van der Waals surface area (Å²) in [5, 5.41) is 6.96. The van der Waals surface area contributed by atoms with Crippen LogP contribution in [0.4, 0.5) is 0 Å². The minimum atomic E-state index is -0.207. The highest BCUT2D eigenvalue weighted by atomic mass is 16.2. The lowest BCUT2D eigenvalue weighted by molar-refractivity contribution is -0.134. The van der Waals surface area contributed by atoms with Gasteiger partial charge >= 0.3 is 0 Å². The summed E-state index contributed by atoms with van der Waals surface area (Å²) >= 11 is 0. The van der Waals surface area contributed by atoms with Crippen LogP contribution in [-0.4, -0.2) is 33.7 Å². The molecular formula is C21H23N3O. The van der Waals surface area contributed by atoms with Gasteiger partial charge in [0.05, 0.1) is 6.20 Å². The first kappa shape index (κ1) is 15.9. The topological polar surface area (TPSA) is 38.1 Å². The number of likely N-dealkylation sites (tertiary alicyclic amines) is 1. The van der Waals surface area contributed by atoms with Crippen LogP contribution in [0, 0.1) is 0 Å². The zero-order valence-corrected chi connectivity index (χ0v) is 14.6. The van der Waals surface area contributed by atoms with Crippen molar-refractivity contribution >= 4 is 16.7 Å². The van der Waals surface area contributed by atoms with Gasteiger partial charge in [0, 0.05) is 24.8 Å². The number of aromatic nitrogens is 2. The molecule has 1 amide bonds. The van der Waals surface area contributed by atoms with Crippen LogP contribution < -0.4 is 0 Å². The fraction of sp³-hybridized carbons (Fsp3) is 0.333. The number of hydrogen-bond acceptors (Lipinski definition) is 2. The molecule has 0 saturated carbocycles. The van der Waals surface area contributed by atoms with Gasteiger partial charge in [-0.3, -0.25) is 9.48 Å². The Balaban J connectivity index is 1.68. The van der Waals surface area contributed by atoms with Crippen molar-refractivity contribution < 1.29 is 4.79 Å². The van der Waals surface area contributed by atoms with Gasteiger partial charge in [0.2, 0.25) is 5.91 Å². The highest BCUT2D eigenvalue weighted by Gasteiger charge is 2.27. The third kappa shape index (κ3) is 2.93. The van der Waals surface area contributed by atoms with Crippen molar-refractivity contribution in [1.82, 2.24) is 14.7 Å². The molecule has 0 N–H and O–H groups in total. The Bertz CT molecular complexity index is 888. The van der Waals surface area contributed by atoms with Crippen molar-refractivity contribution in [2.24, 2.45) is 0 Å². The molecule has 1 fully saturated rings. The zero-order chi connectivity index (χ0) is 17.2. The average Bonchev–Trinajstić information content (AvgIpc) is 3.34. The van der Waals surface area contributed by atoms with E-state index in [9.17, 15) is 4.79 Å². The molecule has 1 aromatic heterocycles. The molecule has 1 atom stereocenters. The predicted molar refractivity (Wildman–Crippen MR) is 100 cm³/mol. The fourth-order valence-corrected chi connectivity index (χ4v) is 3.75. The maximum Gasteiger partial charge on any atom is 0.247 e. The van der Waals surface area contributed by atoms with E-state index in [1.807, 2.05) is 22.0 Å². The SMILES string of the molecule is CCC(C(=O)N1CCCC1)n1cc(-c2cccc3ccccc23)cn1. The summed E-state index contributed by atoms with van der Waals surface area (Å²) in [5.41, 5.74) is 2.22. The third-order valence-electron chi connectivity index (χ3n) is 5.11. The first-order valence-corrected chi connectivity index (χ1v) is 9.09. The van der Waals surface area contributed by atoms with Crippen LogP contribution >= 0.6 is 0 Å². The molecule has 3 aromatic rings. The van der Waals surface area contributed by atoms with Crippen molar-refractivity contribution in [1.29, 1.82) is 0 Å². The molecular weight excluding hydrogens is 310 g/mol. The van der Waals surface area contributed by atoms with Gasteiger partial charge in [0.15, 0.2) is 0 Å². The summed E-state index contributed by atoms with van der Waals surface area (Å²) in [6.45, 7) is 3.82. The third-order valence-corrected chi connectivity index (χ3v) is 5.11. The molecule has 1 unspecified atom stereocenters. The smallest absolute Gasteiger partial charge is 0.247 e. The summed E-state index contributed by atoms with van der Waals surface area (Å²) < 4.78 is 1.84. The van der Waals surface area contributed by atoms with Crippen molar-refractivity contribution in [2.75, 3.05) is 13.1 Å². The number of hydrogen-bond donors (Lipinski definition) is 0. The van der Waals surface area contributed by atoms with E-state index < -0.39 is 0 Å². The van der Waals surface area contributed by atoms with Crippen LogP contribution in [0.15, 0.2) is 54.9 Å². The fourth-order valence-electron chi connectivity index (χ4n) is 3.75. The van der Waals surface area contributed by atoms with Crippen molar-refractivity contribution in [3.05, 3.63) is 54.9 Å². The van der Waals surface area contributed by atoms with Crippen LogP contribution in [0.5, 0.6) is 0 Å². The molecule has 1 saturated heterocycles. The molecule has 2 heterocycles. The molecule has 4 rings (SSSR count). The van der Waals surface area contributed by atoms with Crippen LogP contribution in [-0.2, 0) is 4.79 Å². The molecule has 1 aliphatic rings. The largest absolute Gasteiger partial charge is 0.341 e. The minimum absolute atomic E-state index is 0.201. The number of amides is 1. The van der Waals surface area contributed by atoms with E-state index in [-0.39, 0.29) is 11.9 Å². The monoisotopic (exact) mass is 333 g/mol. The quantitative estimate of drug-likeness (QED) is 0.715. The zero-order valence-electron chi connectivity index (χ0n) is 14.6. The molecule has 0 radical (unpaired) electrons. The molecule has 0 spiro atoms. The summed E-state index contributed by atoms with van der Waals surface area (Å²) in [6.07, 6.45) is 6.88. The van der Waals surface area contributed by atoms with Gasteiger partial charge in [-0.05, 0) is 35.6 Å². The Morgan fingerprint density at radius 2 is 1.88 bits per heavy atom. The lowest BCUT2D eigenvalue weighted by atomic mass is 10.0. The molecule has 0 aliphatic carbocycles. The number of carbonyl (C=O) groups is 1. The van der Waals surface area contributed by atoms with Gasteiger partial charge in [0.1, 0.15) is 6.04 Å². The van der Waals surface area contributed by atoms with Crippen molar-refractivity contribution in [2.45, 2.75) is 32.2 Å². The number of fused-ring (bicyclic) bond motifs is 1. The Kier molecular flexibility index (Phi) is 4.26. The number of rotatable bonds is 4. The van der Waals surface area contributed by atoms with E-state index in [1.54, 1.807) is 0 Å². The van der Waals surface area contributed by atoms with Crippen LogP contribution in [0.25, 0.3) is 21.9 Å². The average molecular weight is 333 g/mol. The van der Waals surface area contributed by atoms with Crippen LogP contribution in [0.3, 0.4) is 0 Å². The Labute approximate surface area is 148 Å². The van der Waals surface area contributed by atoms with E-state index in [4.69, 9.17) is 0 Å². The maximum absolute atomic E-state index is 12.8. The predicted octanol–water partition coefficient (Wildman–Crippen LogP) is 4.28. The second kappa shape index (κ2) is 6.71. The molecule has 128 valence electrons. The molecule has 0 bridgehead atoms. The highest BCUT2D eigenvalue weighted by molar-refractivity contribution is 5.96. The summed E-state index contributed by atoms with van der Waals surface area (Å²) in [6, 6.07) is 14.5. The van der Waals surface area contributed by atoms with E-state index in [2.05, 4.69) is 54.5 Å². The second-order valence-electron chi connectivity index (χ2n) is 6.69. The molecule has 4 heteroatoms. The normalized spacial score (nSPS) is 15.6. The molecule has 1 aliphatic heterocycles. The summed E-state index contributed by atoms with van der Waals surface area (Å²) in [4.78, 5) is 14.8. The van der Waals surface area contributed by atoms with Gasteiger partial charge in [-0.2, -0.15) is 5.10 Å². The minimum Gasteiger partial charge on any atom is -0.341 e. The van der Waals surface area contributed by atoms with Crippen LogP contribution in [0.1, 0.15) is 32.2 Å². The summed E-state index contributed by atoms with van der Waals surface area (Å²) in [7, 11) is 0. The second-order valence-corrected chi connectivity index (χ2v) is 6.69. The van der Waals surface area contributed by atoms with Crippen molar-refractivity contribution in [3.8, 4) is 11.1 Å².